The third-order valence-corrected chi connectivity index (χ3v) is 2.94. The summed E-state index contributed by atoms with van der Waals surface area (Å²) >= 11 is 5.76. The molecular formula is C10H15ClN4. The first-order valence-corrected chi connectivity index (χ1v) is 5.63. The molecule has 82 valence electrons. The Labute approximate surface area is 94.9 Å². The smallest absolute Gasteiger partial charge is 0.224 e. The molecule has 1 saturated heterocycles. The molecule has 0 saturated carbocycles. The lowest BCUT2D eigenvalue weighted by Gasteiger charge is -2.34. The molecule has 2 rings (SSSR count). The van der Waals surface area contributed by atoms with Crippen molar-refractivity contribution >= 4 is 17.4 Å². The first-order chi connectivity index (χ1) is 7.29. The van der Waals surface area contributed by atoms with Gasteiger partial charge in [-0.05, 0) is 24.2 Å². The zero-order valence-electron chi connectivity index (χ0n) is 8.86. The van der Waals surface area contributed by atoms with E-state index in [1.165, 1.54) is 0 Å². The maximum absolute atomic E-state index is 5.76. The summed E-state index contributed by atoms with van der Waals surface area (Å²) in [4.78, 5) is 12.8. The summed E-state index contributed by atoms with van der Waals surface area (Å²) in [5.74, 6) is 0.936. The van der Waals surface area contributed by atoms with E-state index < -0.39 is 0 Å². The highest BCUT2D eigenvalue weighted by atomic mass is 35.5. The number of rotatable bonds is 2. The molecule has 0 atom stereocenters. The molecule has 15 heavy (non-hydrogen) atoms. The van der Waals surface area contributed by atoms with Crippen molar-refractivity contribution in [3.63, 3.8) is 0 Å². The van der Waals surface area contributed by atoms with Crippen LogP contribution in [-0.2, 0) is 0 Å². The first kappa shape index (κ1) is 10.6. The van der Waals surface area contributed by atoms with E-state index >= 15 is 0 Å². The summed E-state index contributed by atoms with van der Waals surface area (Å²) in [7, 11) is 0. The molecular weight excluding hydrogens is 212 g/mol. The molecule has 1 aromatic rings. The van der Waals surface area contributed by atoms with Gasteiger partial charge in [-0.2, -0.15) is 0 Å². The summed E-state index contributed by atoms with van der Waals surface area (Å²) in [5.41, 5.74) is 0. The van der Waals surface area contributed by atoms with E-state index in [4.69, 9.17) is 11.6 Å². The van der Waals surface area contributed by atoms with E-state index in [1.807, 2.05) is 6.07 Å². The summed E-state index contributed by atoms with van der Waals surface area (Å²) in [6, 6.07) is 1.91. The van der Waals surface area contributed by atoms with Gasteiger partial charge in [0.05, 0.1) is 0 Å². The fraction of sp³-hybridized carbons (Fsp3) is 0.600. The van der Waals surface area contributed by atoms with Crippen molar-refractivity contribution in [1.82, 2.24) is 14.9 Å². The quantitative estimate of drug-likeness (QED) is 0.711. The molecule has 0 amide bonds. The van der Waals surface area contributed by atoms with Crippen molar-refractivity contribution in [2.75, 3.05) is 37.6 Å². The second kappa shape index (κ2) is 4.77. The van der Waals surface area contributed by atoms with Gasteiger partial charge in [-0.1, -0.05) is 6.92 Å². The molecule has 0 bridgehead atoms. The second-order valence-corrected chi connectivity index (χ2v) is 3.94. The molecule has 0 aromatic carbocycles. The van der Waals surface area contributed by atoms with Crippen molar-refractivity contribution in [3.8, 4) is 0 Å². The number of aromatic nitrogens is 2. The maximum Gasteiger partial charge on any atom is 0.224 e. The van der Waals surface area contributed by atoms with Crippen molar-refractivity contribution < 1.29 is 0 Å². The monoisotopic (exact) mass is 226 g/mol. The second-order valence-electron chi connectivity index (χ2n) is 3.61. The van der Waals surface area contributed by atoms with Crippen LogP contribution in [0.3, 0.4) is 0 Å². The Bertz CT molecular complexity index is 323. The number of piperazine rings is 1. The summed E-state index contributed by atoms with van der Waals surface area (Å²) in [6.45, 7) is 7.54. The average molecular weight is 227 g/mol. The fourth-order valence-electron chi connectivity index (χ4n) is 1.80. The number of halogens is 1. The lowest BCUT2D eigenvalue weighted by atomic mass is 10.3. The number of likely N-dealkylation sites (N-methyl/N-ethyl adjacent to an activating group) is 1. The summed E-state index contributed by atoms with van der Waals surface area (Å²) < 4.78 is 0. The maximum atomic E-state index is 5.76. The third kappa shape index (κ3) is 2.58. The van der Waals surface area contributed by atoms with Gasteiger partial charge < -0.3 is 9.80 Å². The Morgan fingerprint density at radius 1 is 1.33 bits per heavy atom. The fourth-order valence-corrected chi connectivity index (χ4v) is 1.94. The third-order valence-electron chi connectivity index (χ3n) is 2.75. The zero-order valence-corrected chi connectivity index (χ0v) is 9.61. The van der Waals surface area contributed by atoms with Crippen molar-refractivity contribution in [3.05, 3.63) is 17.5 Å². The van der Waals surface area contributed by atoms with Crippen LogP contribution in [0.25, 0.3) is 0 Å². The van der Waals surface area contributed by atoms with E-state index in [-0.39, 0.29) is 0 Å². The van der Waals surface area contributed by atoms with Crippen LogP contribution in [0.5, 0.6) is 0 Å². The van der Waals surface area contributed by atoms with Crippen LogP contribution in [0, 0.1) is 0 Å². The lowest BCUT2D eigenvalue weighted by Crippen LogP contribution is -2.46. The highest BCUT2D eigenvalue weighted by Crippen LogP contribution is 2.14. The SMILES string of the molecule is CCN1CCN(c2ccnc(Cl)n2)CC1. The van der Waals surface area contributed by atoms with Crippen LogP contribution >= 0.6 is 11.6 Å². The standard InChI is InChI=1S/C10H15ClN4/c1-2-14-5-7-15(8-6-14)9-3-4-12-10(11)13-9/h3-4H,2,5-8H2,1H3. The highest BCUT2D eigenvalue weighted by molar-refractivity contribution is 6.28. The number of hydrogen-bond donors (Lipinski definition) is 0. The average Bonchev–Trinajstić information content (AvgIpc) is 2.29. The Morgan fingerprint density at radius 2 is 2.07 bits per heavy atom. The lowest BCUT2D eigenvalue weighted by molar-refractivity contribution is 0.270. The van der Waals surface area contributed by atoms with Crippen molar-refractivity contribution in [1.29, 1.82) is 0 Å². The molecule has 2 heterocycles. The Morgan fingerprint density at radius 3 is 2.67 bits per heavy atom. The van der Waals surface area contributed by atoms with Crippen LogP contribution < -0.4 is 4.90 Å². The van der Waals surface area contributed by atoms with Gasteiger partial charge in [-0.3, -0.25) is 0 Å². The predicted molar refractivity (Wildman–Crippen MR) is 61.4 cm³/mol. The molecule has 1 aliphatic rings. The molecule has 4 nitrogen and oxygen atoms in total. The van der Waals surface area contributed by atoms with Crippen LogP contribution in [-0.4, -0.2) is 47.6 Å². The molecule has 1 fully saturated rings. The molecule has 1 aliphatic heterocycles. The van der Waals surface area contributed by atoms with Crippen molar-refractivity contribution in [2.45, 2.75) is 6.92 Å². The molecule has 0 spiro atoms. The molecule has 5 heteroatoms. The zero-order chi connectivity index (χ0) is 10.7. The van der Waals surface area contributed by atoms with Crippen LogP contribution in [0.2, 0.25) is 5.28 Å². The minimum Gasteiger partial charge on any atom is -0.354 e. The topological polar surface area (TPSA) is 32.3 Å². The van der Waals surface area contributed by atoms with E-state index in [0.29, 0.717) is 5.28 Å². The van der Waals surface area contributed by atoms with Gasteiger partial charge in [0.25, 0.3) is 0 Å². The summed E-state index contributed by atoms with van der Waals surface area (Å²) in [6.07, 6.45) is 1.71. The van der Waals surface area contributed by atoms with E-state index in [0.717, 1.165) is 38.5 Å². The summed E-state index contributed by atoms with van der Waals surface area (Å²) in [5, 5.41) is 0.324. The van der Waals surface area contributed by atoms with Gasteiger partial charge in [0.15, 0.2) is 0 Å². The molecule has 0 radical (unpaired) electrons. The van der Waals surface area contributed by atoms with Gasteiger partial charge in [0.2, 0.25) is 5.28 Å². The van der Waals surface area contributed by atoms with Gasteiger partial charge in [-0.15, -0.1) is 0 Å². The number of hydrogen-bond acceptors (Lipinski definition) is 4. The molecule has 0 N–H and O–H groups in total. The number of anilines is 1. The predicted octanol–water partition coefficient (Wildman–Crippen LogP) is 1.27. The van der Waals surface area contributed by atoms with Crippen LogP contribution in [0.15, 0.2) is 12.3 Å². The molecule has 0 unspecified atom stereocenters. The Kier molecular flexibility index (Phi) is 3.38. The Hall–Kier alpha value is -0.870. The minimum atomic E-state index is 0.324. The first-order valence-electron chi connectivity index (χ1n) is 5.25. The van der Waals surface area contributed by atoms with Gasteiger partial charge in [0, 0.05) is 32.4 Å². The molecule has 1 aromatic heterocycles. The van der Waals surface area contributed by atoms with Gasteiger partial charge in [0.1, 0.15) is 5.82 Å². The van der Waals surface area contributed by atoms with E-state index in [2.05, 4.69) is 26.7 Å². The largest absolute Gasteiger partial charge is 0.354 e. The normalized spacial score (nSPS) is 18.1. The van der Waals surface area contributed by atoms with E-state index in [1.54, 1.807) is 6.20 Å². The van der Waals surface area contributed by atoms with Crippen LogP contribution in [0.4, 0.5) is 5.82 Å². The van der Waals surface area contributed by atoms with Crippen LogP contribution in [0.1, 0.15) is 6.92 Å². The highest BCUT2D eigenvalue weighted by Gasteiger charge is 2.16. The van der Waals surface area contributed by atoms with Gasteiger partial charge >= 0.3 is 0 Å². The van der Waals surface area contributed by atoms with E-state index in [9.17, 15) is 0 Å². The molecule has 0 aliphatic carbocycles. The van der Waals surface area contributed by atoms with Crippen molar-refractivity contribution in [2.24, 2.45) is 0 Å². The Balaban J connectivity index is 2.01. The number of nitrogens with zero attached hydrogens (tertiary/aromatic N) is 4. The minimum absolute atomic E-state index is 0.324. The van der Waals surface area contributed by atoms with Gasteiger partial charge in [-0.25, -0.2) is 9.97 Å².